The Morgan fingerprint density at radius 1 is 0.849 bits per heavy atom. The third kappa shape index (κ3) is 10.5. The quantitative estimate of drug-likeness (QED) is 0.106. The third-order valence-corrected chi connectivity index (χ3v) is 8.56. The van der Waals surface area contributed by atoms with Gasteiger partial charge in [-0.15, -0.1) is 0 Å². The molecule has 5 aromatic rings. The number of primary amides is 1. The number of amides is 2. The van der Waals surface area contributed by atoms with Crippen LogP contribution in [-0.4, -0.2) is 127 Å². The van der Waals surface area contributed by atoms with E-state index in [-0.39, 0.29) is 12.5 Å². The molecule has 0 spiro atoms. The zero-order chi connectivity index (χ0) is 36.8. The van der Waals surface area contributed by atoms with Gasteiger partial charge >= 0.3 is 0 Å². The molecule has 3 aromatic heterocycles. The minimum absolute atomic E-state index is 0.0993. The van der Waals surface area contributed by atoms with Gasteiger partial charge in [0.1, 0.15) is 24.4 Å². The number of piperazine rings is 1. The average Bonchev–Trinajstić information content (AvgIpc) is 3.59. The predicted octanol–water partition coefficient (Wildman–Crippen LogP) is 2.31. The molecule has 2 aromatic carbocycles. The van der Waals surface area contributed by atoms with Gasteiger partial charge in [-0.25, -0.2) is 19.5 Å². The number of fused-ring (bicyclic) bond motifs is 2. The molecule has 0 bridgehead atoms. The summed E-state index contributed by atoms with van der Waals surface area (Å²) in [6.07, 6.45) is 4.95. The SMILES string of the molecule is Cc1ccc(C(=O)Nc2ccc3c(N4CCN(CCOCCOCCOCCOCC(N)=O)CC4)ncnc3c2)cc1C#Cc1cnc2cccnn12. The highest BCUT2D eigenvalue weighted by molar-refractivity contribution is 6.05. The first kappa shape index (κ1) is 37.3. The molecule has 0 radical (unpaired) electrons. The first-order valence-corrected chi connectivity index (χ1v) is 17.5. The maximum Gasteiger partial charge on any atom is 0.255 e. The van der Waals surface area contributed by atoms with Gasteiger partial charge in [-0.1, -0.05) is 12.0 Å². The van der Waals surface area contributed by atoms with Gasteiger partial charge in [0, 0.05) is 61.1 Å². The van der Waals surface area contributed by atoms with Gasteiger partial charge in [-0.05, 0) is 60.9 Å². The van der Waals surface area contributed by atoms with Crippen molar-refractivity contribution in [1.29, 1.82) is 0 Å². The van der Waals surface area contributed by atoms with E-state index in [0.717, 1.165) is 66.2 Å². The number of ether oxygens (including phenoxy) is 4. The van der Waals surface area contributed by atoms with Gasteiger partial charge in [0.2, 0.25) is 5.91 Å². The molecule has 1 fully saturated rings. The first-order chi connectivity index (χ1) is 25.9. The first-order valence-electron chi connectivity index (χ1n) is 17.5. The third-order valence-electron chi connectivity index (χ3n) is 8.56. The monoisotopic (exact) mass is 721 g/mol. The van der Waals surface area contributed by atoms with E-state index >= 15 is 0 Å². The highest BCUT2D eigenvalue weighted by Gasteiger charge is 2.20. The highest BCUT2D eigenvalue weighted by atomic mass is 16.6. The predicted molar refractivity (Wildman–Crippen MR) is 199 cm³/mol. The van der Waals surface area contributed by atoms with Crippen LogP contribution in [0.15, 0.2) is 67.3 Å². The number of anilines is 2. The fourth-order valence-corrected chi connectivity index (χ4v) is 5.73. The van der Waals surface area contributed by atoms with E-state index in [0.29, 0.717) is 63.2 Å². The Bertz CT molecular complexity index is 2070. The smallest absolute Gasteiger partial charge is 0.255 e. The van der Waals surface area contributed by atoms with Crippen LogP contribution >= 0.6 is 0 Å². The molecule has 6 rings (SSSR count). The summed E-state index contributed by atoms with van der Waals surface area (Å²) in [6.45, 7) is 9.37. The number of hydrogen-bond donors (Lipinski definition) is 2. The summed E-state index contributed by atoms with van der Waals surface area (Å²) in [5, 5.41) is 8.26. The summed E-state index contributed by atoms with van der Waals surface area (Å²) in [4.78, 5) is 42.0. The lowest BCUT2D eigenvalue weighted by Crippen LogP contribution is -2.47. The van der Waals surface area contributed by atoms with Gasteiger partial charge in [0.05, 0.1) is 58.0 Å². The molecule has 0 unspecified atom stereocenters. The molecule has 1 aliphatic heterocycles. The zero-order valence-corrected chi connectivity index (χ0v) is 29.7. The van der Waals surface area contributed by atoms with Crippen LogP contribution in [0.4, 0.5) is 11.5 Å². The Kier molecular flexibility index (Phi) is 13.2. The van der Waals surface area contributed by atoms with Gasteiger partial charge in [0.25, 0.3) is 5.91 Å². The van der Waals surface area contributed by atoms with Crippen molar-refractivity contribution in [3.63, 3.8) is 0 Å². The molecule has 4 heterocycles. The number of nitrogens with one attached hydrogen (secondary N) is 1. The summed E-state index contributed by atoms with van der Waals surface area (Å²) in [7, 11) is 0. The molecule has 276 valence electrons. The Balaban J connectivity index is 0.938. The van der Waals surface area contributed by atoms with Crippen LogP contribution in [0.5, 0.6) is 0 Å². The minimum atomic E-state index is -0.496. The van der Waals surface area contributed by atoms with Crippen LogP contribution in [-0.2, 0) is 23.7 Å². The lowest BCUT2D eigenvalue weighted by atomic mass is 10.0. The van der Waals surface area contributed by atoms with Crippen molar-refractivity contribution in [2.24, 2.45) is 5.73 Å². The van der Waals surface area contributed by atoms with E-state index in [1.165, 1.54) is 0 Å². The lowest BCUT2D eigenvalue weighted by Gasteiger charge is -2.35. The molecule has 3 N–H and O–H groups in total. The molecule has 0 atom stereocenters. The zero-order valence-electron chi connectivity index (χ0n) is 29.7. The molecule has 0 aliphatic carbocycles. The molecular formula is C38H43N9O6. The van der Waals surface area contributed by atoms with Gasteiger partial charge < -0.3 is 34.9 Å². The summed E-state index contributed by atoms with van der Waals surface area (Å²) < 4.78 is 23.4. The number of carbonyl (C=O) groups is 2. The highest BCUT2D eigenvalue weighted by Crippen LogP contribution is 2.27. The van der Waals surface area contributed by atoms with Crippen LogP contribution < -0.4 is 16.0 Å². The van der Waals surface area contributed by atoms with Crippen LogP contribution in [0.25, 0.3) is 16.6 Å². The van der Waals surface area contributed by atoms with Crippen LogP contribution in [0.2, 0.25) is 0 Å². The Hall–Kier alpha value is -5.50. The van der Waals surface area contributed by atoms with E-state index < -0.39 is 5.91 Å². The molecule has 53 heavy (non-hydrogen) atoms. The van der Waals surface area contributed by atoms with Gasteiger partial charge in [0.15, 0.2) is 5.65 Å². The molecule has 15 nitrogen and oxygen atoms in total. The van der Waals surface area contributed by atoms with E-state index in [9.17, 15) is 9.59 Å². The van der Waals surface area contributed by atoms with Crippen LogP contribution in [0.1, 0.15) is 27.2 Å². The molecule has 0 saturated carbocycles. The van der Waals surface area contributed by atoms with Crippen LogP contribution in [0, 0.1) is 18.8 Å². The number of nitrogens with two attached hydrogens (primary N) is 1. The van der Waals surface area contributed by atoms with Crippen molar-refractivity contribution in [1.82, 2.24) is 29.5 Å². The molecular weight excluding hydrogens is 678 g/mol. The standard InChI is InChI=1S/C38H43N9O6/c1-28-4-5-30(23-29(28)6-8-32-25-40-36-3-2-10-43-47(32)36)38(49)44-31-7-9-33-34(24-31)41-27-42-37(33)46-13-11-45(12-14-46)15-16-50-17-18-51-19-20-52-21-22-53-26-35(39)48/h2-5,7,9-10,23-25,27H,11-22,26H2,1H3,(H2,39,48)(H,44,49). The minimum Gasteiger partial charge on any atom is -0.378 e. The number of rotatable bonds is 17. The van der Waals surface area contributed by atoms with Crippen molar-refractivity contribution in [2.45, 2.75) is 6.92 Å². The fourth-order valence-electron chi connectivity index (χ4n) is 5.73. The fraction of sp³-hybridized carbons (Fsp3) is 0.368. The second-order valence-electron chi connectivity index (χ2n) is 12.3. The van der Waals surface area contributed by atoms with E-state index in [2.05, 4.69) is 47.0 Å². The second kappa shape index (κ2) is 18.8. The average molecular weight is 722 g/mol. The number of imidazole rings is 1. The summed E-state index contributed by atoms with van der Waals surface area (Å²) in [5.41, 5.74) is 10.00. The molecule has 1 saturated heterocycles. The van der Waals surface area contributed by atoms with Crippen molar-refractivity contribution >= 4 is 39.9 Å². The molecule has 1 aliphatic rings. The number of benzene rings is 2. The summed E-state index contributed by atoms with van der Waals surface area (Å²) >= 11 is 0. The number of nitrogens with zero attached hydrogens (tertiary/aromatic N) is 7. The second-order valence-corrected chi connectivity index (χ2v) is 12.3. The topological polar surface area (TPSA) is 172 Å². The van der Waals surface area contributed by atoms with Gasteiger partial charge in [-0.3, -0.25) is 14.5 Å². The normalized spacial score (nSPS) is 13.3. The summed E-state index contributed by atoms with van der Waals surface area (Å²) in [5.74, 6) is 6.46. The number of hydrogen-bond acceptors (Lipinski definition) is 12. The molecule has 15 heteroatoms. The lowest BCUT2D eigenvalue weighted by molar-refractivity contribution is -0.123. The molecule has 2 amide bonds. The van der Waals surface area contributed by atoms with E-state index in [1.54, 1.807) is 35.4 Å². The van der Waals surface area contributed by atoms with Crippen molar-refractivity contribution in [2.75, 3.05) is 95.8 Å². The van der Waals surface area contributed by atoms with Crippen molar-refractivity contribution < 1.29 is 28.5 Å². The van der Waals surface area contributed by atoms with E-state index in [4.69, 9.17) is 24.7 Å². The number of aromatic nitrogens is 5. The Morgan fingerprint density at radius 2 is 1.60 bits per heavy atom. The Labute approximate surface area is 307 Å². The maximum absolute atomic E-state index is 13.3. The van der Waals surface area contributed by atoms with E-state index in [1.807, 2.05) is 43.3 Å². The largest absolute Gasteiger partial charge is 0.378 e. The maximum atomic E-state index is 13.3. The van der Waals surface area contributed by atoms with Crippen LogP contribution in [0.3, 0.4) is 0 Å². The summed E-state index contributed by atoms with van der Waals surface area (Å²) in [6, 6.07) is 14.9. The van der Waals surface area contributed by atoms with Crippen molar-refractivity contribution in [3.8, 4) is 11.8 Å². The van der Waals surface area contributed by atoms with Gasteiger partial charge in [-0.2, -0.15) is 5.10 Å². The number of carbonyl (C=O) groups excluding carboxylic acids is 2. The van der Waals surface area contributed by atoms with Crippen molar-refractivity contribution in [3.05, 3.63) is 89.6 Å². The Morgan fingerprint density at radius 3 is 2.38 bits per heavy atom. The number of aryl methyl sites for hydroxylation is 1.